The molecule has 1 aliphatic rings. The Morgan fingerprint density at radius 1 is 1.50 bits per heavy atom. The molecule has 1 aromatic heterocycles. The molecule has 16 heavy (non-hydrogen) atoms. The van der Waals surface area contributed by atoms with E-state index in [1.54, 1.807) is 6.26 Å². The molecule has 2 heterocycles. The molecule has 2 rings (SSSR count). The second kappa shape index (κ2) is 5.02. The number of hydrogen-bond donors (Lipinski definition) is 1. The van der Waals surface area contributed by atoms with Crippen molar-refractivity contribution in [2.75, 3.05) is 19.6 Å². The van der Waals surface area contributed by atoms with Crippen molar-refractivity contribution in [3.05, 3.63) is 24.2 Å². The van der Waals surface area contributed by atoms with Crippen LogP contribution >= 0.6 is 0 Å². The summed E-state index contributed by atoms with van der Waals surface area (Å²) in [5.41, 5.74) is 0.395. The van der Waals surface area contributed by atoms with E-state index in [-0.39, 0.29) is 0 Å². The van der Waals surface area contributed by atoms with Crippen molar-refractivity contribution >= 4 is 0 Å². The highest BCUT2D eigenvalue weighted by molar-refractivity contribution is 4.97. The van der Waals surface area contributed by atoms with Crippen LogP contribution in [-0.4, -0.2) is 30.1 Å². The van der Waals surface area contributed by atoms with Crippen molar-refractivity contribution in [1.82, 2.24) is 10.2 Å². The zero-order valence-corrected chi connectivity index (χ0v) is 10.3. The Kier molecular flexibility index (Phi) is 3.66. The molecule has 3 heteroatoms. The van der Waals surface area contributed by atoms with Crippen LogP contribution in [-0.2, 0) is 6.54 Å². The standard InChI is InChI=1S/C13H22N2O/c1-13(2)6-4-8-15(13)9-7-14-11-12-5-3-10-16-12/h3,5,10,14H,4,6-9,11H2,1-2H3. The molecule has 0 atom stereocenters. The molecule has 0 radical (unpaired) electrons. The minimum atomic E-state index is 0.395. The summed E-state index contributed by atoms with van der Waals surface area (Å²) in [5.74, 6) is 1.01. The van der Waals surface area contributed by atoms with Gasteiger partial charge >= 0.3 is 0 Å². The van der Waals surface area contributed by atoms with Crippen LogP contribution in [0.15, 0.2) is 22.8 Å². The number of furan rings is 1. The Morgan fingerprint density at radius 3 is 3.00 bits per heavy atom. The molecular formula is C13H22N2O. The fourth-order valence-corrected chi connectivity index (χ4v) is 2.42. The summed E-state index contributed by atoms with van der Waals surface area (Å²) in [7, 11) is 0. The molecule has 0 bridgehead atoms. The Morgan fingerprint density at radius 2 is 2.38 bits per heavy atom. The van der Waals surface area contributed by atoms with Gasteiger partial charge in [-0.05, 0) is 45.4 Å². The van der Waals surface area contributed by atoms with Crippen LogP contribution in [0.2, 0.25) is 0 Å². The van der Waals surface area contributed by atoms with Gasteiger partial charge in [-0.1, -0.05) is 0 Å². The van der Waals surface area contributed by atoms with Crippen LogP contribution < -0.4 is 5.32 Å². The minimum absolute atomic E-state index is 0.395. The fourth-order valence-electron chi connectivity index (χ4n) is 2.42. The molecule has 3 nitrogen and oxygen atoms in total. The van der Waals surface area contributed by atoms with Gasteiger partial charge in [0.1, 0.15) is 5.76 Å². The predicted molar refractivity (Wildman–Crippen MR) is 65.3 cm³/mol. The van der Waals surface area contributed by atoms with Crippen LogP contribution in [0.4, 0.5) is 0 Å². The number of rotatable bonds is 5. The lowest BCUT2D eigenvalue weighted by Crippen LogP contribution is -2.41. The minimum Gasteiger partial charge on any atom is -0.468 e. The Labute approximate surface area is 97.8 Å². The molecule has 90 valence electrons. The van der Waals surface area contributed by atoms with Crippen LogP contribution in [0.25, 0.3) is 0 Å². The van der Waals surface area contributed by atoms with E-state index < -0.39 is 0 Å². The summed E-state index contributed by atoms with van der Waals surface area (Å²) in [6, 6.07) is 3.94. The van der Waals surface area contributed by atoms with Gasteiger partial charge in [0.15, 0.2) is 0 Å². The SMILES string of the molecule is CC1(C)CCCN1CCNCc1ccco1. The summed E-state index contributed by atoms with van der Waals surface area (Å²) < 4.78 is 5.27. The molecule has 1 aromatic rings. The normalized spacial score (nSPS) is 20.4. The lowest BCUT2D eigenvalue weighted by molar-refractivity contribution is 0.175. The maximum atomic E-state index is 5.27. The van der Waals surface area contributed by atoms with Crippen molar-refractivity contribution in [2.45, 2.75) is 38.8 Å². The number of hydrogen-bond acceptors (Lipinski definition) is 3. The van der Waals surface area contributed by atoms with Gasteiger partial charge in [0, 0.05) is 18.6 Å². The molecule has 0 amide bonds. The zero-order valence-electron chi connectivity index (χ0n) is 10.3. The molecule has 0 aliphatic carbocycles. The molecular weight excluding hydrogens is 200 g/mol. The lowest BCUT2D eigenvalue weighted by atomic mass is 10.0. The highest BCUT2D eigenvalue weighted by atomic mass is 16.3. The first kappa shape index (κ1) is 11.7. The molecule has 0 aromatic carbocycles. The van der Waals surface area contributed by atoms with E-state index in [1.165, 1.54) is 19.4 Å². The summed E-state index contributed by atoms with van der Waals surface area (Å²) in [4.78, 5) is 2.57. The second-order valence-electron chi connectivity index (χ2n) is 5.16. The van der Waals surface area contributed by atoms with Crippen LogP contribution in [0.1, 0.15) is 32.4 Å². The van der Waals surface area contributed by atoms with Gasteiger partial charge in [-0.2, -0.15) is 0 Å². The second-order valence-corrected chi connectivity index (χ2v) is 5.16. The summed E-state index contributed by atoms with van der Waals surface area (Å²) >= 11 is 0. The van der Waals surface area contributed by atoms with Crippen molar-refractivity contribution in [2.24, 2.45) is 0 Å². The predicted octanol–water partition coefficient (Wildman–Crippen LogP) is 2.24. The third kappa shape index (κ3) is 2.86. The monoisotopic (exact) mass is 222 g/mol. The fraction of sp³-hybridized carbons (Fsp3) is 0.692. The van der Waals surface area contributed by atoms with E-state index in [4.69, 9.17) is 4.42 Å². The molecule has 1 saturated heterocycles. The third-order valence-corrected chi connectivity index (χ3v) is 3.51. The quantitative estimate of drug-likeness (QED) is 0.775. The first-order chi connectivity index (χ1) is 7.68. The van der Waals surface area contributed by atoms with Crippen LogP contribution in [0.3, 0.4) is 0 Å². The zero-order chi connectivity index (χ0) is 11.4. The van der Waals surface area contributed by atoms with Gasteiger partial charge in [-0.25, -0.2) is 0 Å². The van der Waals surface area contributed by atoms with Gasteiger partial charge in [0.2, 0.25) is 0 Å². The summed E-state index contributed by atoms with van der Waals surface area (Å²) in [6.07, 6.45) is 4.39. The summed E-state index contributed by atoms with van der Waals surface area (Å²) in [6.45, 7) is 8.92. The molecule has 1 aliphatic heterocycles. The maximum absolute atomic E-state index is 5.27. The average molecular weight is 222 g/mol. The van der Waals surface area contributed by atoms with Crippen LogP contribution in [0, 0.1) is 0 Å². The van der Waals surface area contributed by atoms with Gasteiger partial charge in [0.25, 0.3) is 0 Å². The van der Waals surface area contributed by atoms with E-state index >= 15 is 0 Å². The average Bonchev–Trinajstić information content (AvgIpc) is 2.83. The van der Waals surface area contributed by atoms with E-state index in [1.807, 2.05) is 12.1 Å². The van der Waals surface area contributed by atoms with Crippen molar-refractivity contribution < 1.29 is 4.42 Å². The number of nitrogens with zero attached hydrogens (tertiary/aromatic N) is 1. The van der Waals surface area contributed by atoms with Crippen LogP contribution in [0.5, 0.6) is 0 Å². The van der Waals surface area contributed by atoms with E-state index in [9.17, 15) is 0 Å². The molecule has 0 unspecified atom stereocenters. The van der Waals surface area contributed by atoms with Gasteiger partial charge < -0.3 is 9.73 Å². The van der Waals surface area contributed by atoms with Gasteiger partial charge in [0.05, 0.1) is 12.8 Å². The molecule has 1 N–H and O–H groups in total. The number of nitrogens with one attached hydrogen (secondary N) is 1. The third-order valence-electron chi connectivity index (χ3n) is 3.51. The van der Waals surface area contributed by atoms with Crippen molar-refractivity contribution in [1.29, 1.82) is 0 Å². The van der Waals surface area contributed by atoms with Gasteiger partial charge in [-0.3, -0.25) is 4.90 Å². The largest absolute Gasteiger partial charge is 0.468 e. The Hall–Kier alpha value is -0.800. The Bertz CT molecular complexity index is 306. The Balaban J connectivity index is 1.65. The van der Waals surface area contributed by atoms with E-state index in [2.05, 4.69) is 24.1 Å². The van der Waals surface area contributed by atoms with E-state index in [0.29, 0.717) is 5.54 Å². The summed E-state index contributed by atoms with van der Waals surface area (Å²) in [5, 5.41) is 3.42. The molecule has 0 spiro atoms. The van der Waals surface area contributed by atoms with Crippen molar-refractivity contribution in [3.63, 3.8) is 0 Å². The highest BCUT2D eigenvalue weighted by Gasteiger charge is 2.30. The molecule has 1 fully saturated rings. The van der Waals surface area contributed by atoms with Crippen molar-refractivity contribution in [3.8, 4) is 0 Å². The highest BCUT2D eigenvalue weighted by Crippen LogP contribution is 2.27. The lowest BCUT2D eigenvalue weighted by Gasteiger charge is -2.31. The molecule has 0 saturated carbocycles. The first-order valence-corrected chi connectivity index (χ1v) is 6.17. The van der Waals surface area contributed by atoms with Gasteiger partial charge in [-0.15, -0.1) is 0 Å². The maximum Gasteiger partial charge on any atom is 0.117 e. The number of likely N-dealkylation sites (tertiary alicyclic amines) is 1. The van der Waals surface area contributed by atoms with E-state index in [0.717, 1.165) is 25.4 Å². The topological polar surface area (TPSA) is 28.4 Å². The smallest absolute Gasteiger partial charge is 0.117 e. The first-order valence-electron chi connectivity index (χ1n) is 6.17.